The fourth-order valence-electron chi connectivity index (χ4n) is 9.97. The van der Waals surface area contributed by atoms with E-state index in [-0.39, 0.29) is 0 Å². The Morgan fingerprint density at radius 2 is 0.278 bits per heavy atom. The Bertz CT molecular complexity index is 2840. The predicted octanol–water partition coefficient (Wildman–Crippen LogP) is 13.8. The highest BCUT2D eigenvalue weighted by Gasteiger charge is 2.26. The fourth-order valence-corrected chi connectivity index (χ4v) is 19.0. The van der Waals surface area contributed by atoms with Crippen molar-refractivity contribution in [3.05, 3.63) is 264 Å². The van der Waals surface area contributed by atoms with Crippen LogP contribution in [-0.2, 0) is 0 Å². The first kappa shape index (κ1) is 62.4. The Balaban J connectivity index is 0.000000185. The van der Waals surface area contributed by atoms with Crippen LogP contribution in [0.1, 0.15) is 100 Å². The summed E-state index contributed by atoms with van der Waals surface area (Å²) in [6.45, 7) is 40.5. The molecule has 0 atom stereocenters. The minimum atomic E-state index is -2.17. The fraction of sp³-hybridized carbons (Fsp3) is 0.250. The van der Waals surface area contributed by atoms with E-state index in [0.717, 1.165) is 0 Å². The summed E-state index contributed by atoms with van der Waals surface area (Å²) in [6, 6.07) is 60.9. The molecule has 0 saturated carbocycles. The lowest BCUT2D eigenvalue weighted by Crippen LogP contribution is -2.26. The maximum Gasteiger partial charge on any atom is 0.631 e. The number of aryl methyl sites for hydroxylation is 9. The van der Waals surface area contributed by atoms with Crippen LogP contribution in [0.4, 0.5) is 0 Å². The zero-order chi connectivity index (χ0) is 58.0. The van der Waals surface area contributed by atoms with Crippen molar-refractivity contribution < 1.29 is 15.1 Å². The molecule has 9 rings (SSSR count). The molecule has 0 unspecified atom stereocenters. The van der Waals surface area contributed by atoms with Gasteiger partial charge in [-0.05, 0) is 296 Å². The van der Waals surface area contributed by atoms with Crippen LogP contribution in [0, 0.1) is 125 Å². The predicted molar refractivity (Wildman–Crippen MR) is 353 cm³/mol. The van der Waals surface area contributed by atoms with Crippen molar-refractivity contribution >= 4 is 78.8 Å². The summed E-state index contributed by atoms with van der Waals surface area (Å²) in [5.74, 6) is 0. The second-order valence-electron chi connectivity index (χ2n) is 21.3. The molecular formula is C72H84BO3P3. The van der Waals surface area contributed by atoms with Gasteiger partial charge < -0.3 is 15.1 Å². The van der Waals surface area contributed by atoms with Crippen LogP contribution in [0.3, 0.4) is 0 Å². The molecule has 0 spiro atoms. The highest BCUT2D eigenvalue weighted by molar-refractivity contribution is 7.81. The molecule has 0 radical (unpaired) electrons. The Morgan fingerprint density at radius 1 is 0.190 bits per heavy atom. The average molecular weight is 1100 g/mol. The molecule has 0 saturated heterocycles. The largest absolute Gasteiger partial charge is 0.631 e. The van der Waals surface area contributed by atoms with Crippen LogP contribution in [0.2, 0.25) is 0 Å². The third-order valence-corrected chi connectivity index (χ3v) is 25.0. The van der Waals surface area contributed by atoms with Gasteiger partial charge in [0.15, 0.2) is 0 Å². The standard InChI is InChI=1S/3C24H27P.BH3O3/c3*1-16-10-7-13-22(19(16)4)25(23-14-8-11-17(2)20(23)5)24-15-9-12-18(3)21(24)6;2-1(3)4/h3*7-15H,1-6H3;2-4H. The molecule has 0 fully saturated rings. The maximum absolute atomic E-state index is 7.17. The van der Waals surface area contributed by atoms with E-state index in [0.29, 0.717) is 0 Å². The van der Waals surface area contributed by atoms with Gasteiger partial charge in [0.25, 0.3) is 0 Å². The molecule has 9 aromatic carbocycles. The summed E-state index contributed by atoms with van der Waals surface area (Å²) < 4.78 is 0. The first-order valence-electron chi connectivity index (χ1n) is 27.5. The van der Waals surface area contributed by atoms with Crippen molar-refractivity contribution in [3.63, 3.8) is 0 Å². The van der Waals surface area contributed by atoms with Gasteiger partial charge in [-0.2, -0.15) is 0 Å². The smallest absolute Gasteiger partial charge is 0.402 e. The zero-order valence-corrected chi connectivity index (χ0v) is 53.0. The second-order valence-corrected chi connectivity index (χ2v) is 27.7. The lowest BCUT2D eigenvalue weighted by atomic mass is 10.1. The molecule has 0 amide bonds. The van der Waals surface area contributed by atoms with Gasteiger partial charge in [0.1, 0.15) is 0 Å². The van der Waals surface area contributed by atoms with Gasteiger partial charge in [-0.3, -0.25) is 0 Å². The molecule has 79 heavy (non-hydrogen) atoms. The molecule has 0 aliphatic carbocycles. The lowest BCUT2D eigenvalue weighted by Gasteiger charge is -2.26. The van der Waals surface area contributed by atoms with Crippen molar-refractivity contribution in [1.29, 1.82) is 0 Å². The van der Waals surface area contributed by atoms with E-state index in [1.54, 1.807) is 0 Å². The summed E-state index contributed by atoms with van der Waals surface area (Å²) in [6.07, 6.45) is 0. The normalized spacial score (nSPS) is 10.9. The summed E-state index contributed by atoms with van der Waals surface area (Å²) in [5, 5.41) is 34.9. The quantitative estimate of drug-likeness (QED) is 0.0997. The van der Waals surface area contributed by atoms with Gasteiger partial charge in [0.05, 0.1) is 0 Å². The molecule has 9 aromatic rings. The van der Waals surface area contributed by atoms with Crippen LogP contribution in [0.25, 0.3) is 0 Å². The topological polar surface area (TPSA) is 60.7 Å². The van der Waals surface area contributed by atoms with Crippen LogP contribution in [-0.4, -0.2) is 22.4 Å². The van der Waals surface area contributed by atoms with Crippen LogP contribution in [0.5, 0.6) is 0 Å². The van der Waals surface area contributed by atoms with E-state index in [9.17, 15) is 0 Å². The van der Waals surface area contributed by atoms with E-state index in [4.69, 9.17) is 15.1 Å². The molecule has 0 aromatic heterocycles. The summed E-state index contributed by atoms with van der Waals surface area (Å²) in [7, 11) is -3.84. The van der Waals surface area contributed by atoms with Crippen molar-refractivity contribution in [2.75, 3.05) is 0 Å². The number of benzene rings is 9. The molecule has 3 N–H and O–H groups in total. The first-order chi connectivity index (χ1) is 37.5. The third-order valence-electron chi connectivity index (χ3n) is 16.4. The SMILES string of the molecule is Cc1cccc(P(c2cccc(C)c2C)c2cccc(C)c2C)c1C.Cc1cccc(P(c2cccc(C)c2C)c2cccc(C)c2C)c1C.Cc1cccc(P(c2cccc(C)c2C)c2cccc(C)c2C)c1C.OB(O)O. The second kappa shape index (κ2) is 28.1. The molecular weight excluding hydrogens is 1020 g/mol. The monoisotopic (exact) mass is 1100 g/mol. The third kappa shape index (κ3) is 14.6. The Hall–Kier alpha value is -5.79. The highest BCUT2D eigenvalue weighted by atomic mass is 31.1. The van der Waals surface area contributed by atoms with Crippen LogP contribution in [0.15, 0.2) is 164 Å². The van der Waals surface area contributed by atoms with Crippen molar-refractivity contribution in [2.24, 2.45) is 0 Å². The summed E-state index contributed by atoms with van der Waals surface area (Å²) in [5.41, 5.74) is 25.2. The minimum Gasteiger partial charge on any atom is -0.402 e. The van der Waals surface area contributed by atoms with Crippen molar-refractivity contribution in [3.8, 4) is 0 Å². The molecule has 0 heterocycles. The van der Waals surface area contributed by atoms with Gasteiger partial charge in [0, 0.05) is 0 Å². The van der Waals surface area contributed by atoms with Gasteiger partial charge >= 0.3 is 7.32 Å². The molecule has 7 heteroatoms. The average Bonchev–Trinajstić information content (AvgIpc) is 3.48. The van der Waals surface area contributed by atoms with E-state index >= 15 is 0 Å². The van der Waals surface area contributed by atoms with Crippen molar-refractivity contribution in [1.82, 2.24) is 0 Å². The minimum absolute atomic E-state index is 0.557. The zero-order valence-electron chi connectivity index (χ0n) is 50.3. The lowest BCUT2D eigenvalue weighted by molar-refractivity contribution is 0.278. The number of rotatable bonds is 9. The van der Waals surface area contributed by atoms with E-state index in [2.05, 4.69) is 288 Å². The van der Waals surface area contributed by atoms with Gasteiger partial charge in [-0.1, -0.05) is 164 Å². The molecule has 3 nitrogen and oxygen atoms in total. The van der Waals surface area contributed by atoms with Gasteiger partial charge in [0.2, 0.25) is 0 Å². The summed E-state index contributed by atoms with van der Waals surface area (Å²) >= 11 is 0. The van der Waals surface area contributed by atoms with E-state index in [1.165, 1.54) is 148 Å². The van der Waals surface area contributed by atoms with E-state index in [1.807, 2.05) is 0 Å². The van der Waals surface area contributed by atoms with Crippen molar-refractivity contribution in [2.45, 2.75) is 125 Å². The Labute approximate surface area is 479 Å². The Morgan fingerprint density at radius 3 is 0.367 bits per heavy atom. The molecule has 0 bridgehead atoms. The van der Waals surface area contributed by atoms with E-state index < -0.39 is 31.1 Å². The molecule has 0 aliphatic rings. The maximum atomic E-state index is 7.17. The summed E-state index contributed by atoms with van der Waals surface area (Å²) in [4.78, 5) is 0. The van der Waals surface area contributed by atoms with Crippen LogP contribution < -0.4 is 47.7 Å². The Kier molecular flexibility index (Phi) is 22.2. The van der Waals surface area contributed by atoms with Gasteiger partial charge in [-0.15, -0.1) is 0 Å². The van der Waals surface area contributed by atoms with Crippen LogP contribution >= 0.6 is 23.8 Å². The molecule has 0 aliphatic heterocycles. The first-order valence-corrected chi connectivity index (χ1v) is 31.5. The molecule has 408 valence electrons. The number of hydrogen-bond donors (Lipinski definition) is 3. The number of hydrogen-bond acceptors (Lipinski definition) is 3. The van der Waals surface area contributed by atoms with Gasteiger partial charge in [-0.25, -0.2) is 0 Å². The highest BCUT2D eigenvalue weighted by Crippen LogP contribution is 2.41.